The Morgan fingerprint density at radius 1 is 1.39 bits per heavy atom. The third-order valence-electron chi connectivity index (χ3n) is 2.55. The number of nitrogens with zero attached hydrogens (tertiary/aromatic N) is 1. The summed E-state index contributed by atoms with van der Waals surface area (Å²) in [4.78, 5) is 3.84. The van der Waals surface area contributed by atoms with Gasteiger partial charge in [0.2, 0.25) is 0 Å². The van der Waals surface area contributed by atoms with E-state index in [1.165, 1.54) is 0 Å². The van der Waals surface area contributed by atoms with Crippen LogP contribution in [0.1, 0.15) is 22.9 Å². The first-order valence-electron chi connectivity index (χ1n) is 5.24. The molecule has 0 radical (unpaired) electrons. The van der Waals surface area contributed by atoms with Gasteiger partial charge in [0.1, 0.15) is 11.9 Å². The molecule has 18 heavy (non-hydrogen) atoms. The second-order valence-electron chi connectivity index (χ2n) is 3.95. The molecule has 0 saturated heterocycles. The van der Waals surface area contributed by atoms with E-state index in [1.54, 1.807) is 6.07 Å². The first-order chi connectivity index (χ1) is 8.49. The molecule has 1 aromatic heterocycles. The van der Waals surface area contributed by atoms with Gasteiger partial charge >= 0.3 is 0 Å². The van der Waals surface area contributed by atoms with E-state index in [-0.39, 0.29) is 10.7 Å². The van der Waals surface area contributed by atoms with Crippen LogP contribution in [-0.2, 0) is 0 Å². The van der Waals surface area contributed by atoms with Gasteiger partial charge in [0.05, 0.1) is 16.9 Å². The fraction of sp³-hybridized carbons (Fsp3) is 0.154. The first-order valence-corrected chi connectivity index (χ1v) is 6.41. The normalized spacial score (nSPS) is 12.5. The Balaban J connectivity index is 2.44. The largest absolute Gasteiger partial charge is 0.382 e. The molecule has 1 atom stereocenters. The SMILES string of the molecule is Cc1ccc(C(O)c2ncc(F)cc2Cl)c(Br)c1. The van der Waals surface area contributed by atoms with Crippen molar-refractivity contribution in [3.05, 3.63) is 62.6 Å². The van der Waals surface area contributed by atoms with E-state index in [0.717, 1.165) is 22.3 Å². The fourth-order valence-electron chi connectivity index (χ4n) is 1.63. The van der Waals surface area contributed by atoms with Gasteiger partial charge in [0.25, 0.3) is 0 Å². The molecule has 0 spiro atoms. The van der Waals surface area contributed by atoms with Crippen molar-refractivity contribution in [1.29, 1.82) is 0 Å². The van der Waals surface area contributed by atoms with E-state index in [4.69, 9.17) is 11.6 Å². The van der Waals surface area contributed by atoms with Crippen molar-refractivity contribution in [1.82, 2.24) is 4.98 Å². The van der Waals surface area contributed by atoms with Crippen molar-refractivity contribution < 1.29 is 9.50 Å². The topological polar surface area (TPSA) is 33.1 Å². The number of pyridine rings is 1. The maximum absolute atomic E-state index is 12.9. The smallest absolute Gasteiger partial charge is 0.142 e. The molecule has 2 aromatic rings. The molecule has 1 aromatic carbocycles. The third kappa shape index (κ3) is 2.71. The number of aryl methyl sites for hydroxylation is 1. The summed E-state index contributed by atoms with van der Waals surface area (Å²) in [5.74, 6) is -0.529. The van der Waals surface area contributed by atoms with Gasteiger partial charge in [-0.3, -0.25) is 4.98 Å². The molecule has 0 aliphatic rings. The molecular formula is C13H10BrClFNO. The Kier molecular flexibility index (Phi) is 4.00. The molecule has 1 heterocycles. The molecule has 0 bridgehead atoms. The Labute approximate surface area is 118 Å². The highest BCUT2D eigenvalue weighted by atomic mass is 79.9. The monoisotopic (exact) mass is 329 g/mol. The summed E-state index contributed by atoms with van der Waals surface area (Å²) >= 11 is 9.26. The lowest BCUT2D eigenvalue weighted by Gasteiger charge is -2.14. The molecule has 5 heteroatoms. The van der Waals surface area contributed by atoms with E-state index < -0.39 is 11.9 Å². The number of hydrogen-bond donors (Lipinski definition) is 1. The average Bonchev–Trinajstić information content (AvgIpc) is 2.28. The molecule has 1 unspecified atom stereocenters. The Hall–Kier alpha value is -0.970. The van der Waals surface area contributed by atoms with Gasteiger partial charge in [-0.05, 0) is 24.6 Å². The molecule has 0 aliphatic carbocycles. The quantitative estimate of drug-likeness (QED) is 0.902. The first kappa shape index (κ1) is 13.5. The number of benzene rings is 1. The van der Waals surface area contributed by atoms with Crippen LogP contribution in [0, 0.1) is 12.7 Å². The Morgan fingerprint density at radius 2 is 2.11 bits per heavy atom. The second-order valence-corrected chi connectivity index (χ2v) is 5.21. The van der Waals surface area contributed by atoms with Crippen LogP contribution in [0.4, 0.5) is 4.39 Å². The number of aromatic nitrogens is 1. The van der Waals surface area contributed by atoms with Gasteiger partial charge in [-0.2, -0.15) is 0 Å². The van der Waals surface area contributed by atoms with E-state index in [0.29, 0.717) is 5.56 Å². The predicted molar refractivity (Wildman–Crippen MR) is 72.1 cm³/mol. The van der Waals surface area contributed by atoms with Crippen LogP contribution in [0.5, 0.6) is 0 Å². The number of halogens is 3. The molecule has 0 fully saturated rings. The molecule has 0 amide bonds. The van der Waals surface area contributed by atoms with E-state index >= 15 is 0 Å². The standard InChI is InChI=1S/C13H10BrClFNO/c1-7-2-3-9(10(14)4-7)13(18)12-11(15)5-8(16)6-17-12/h2-6,13,18H,1H3. The van der Waals surface area contributed by atoms with Crippen molar-refractivity contribution in [2.24, 2.45) is 0 Å². The van der Waals surface area contributed by atoms with Gasteiger partial charge in [0.15, 0.2) is 0 Å². The van der Waals surface area contributed by atoms with Crippen molar-refractivity contribution in [2.75, 3.05) is 0 Å². The van der Waals surface area contributed by atoms with E-state index in [9.17, 15) is 9.50 Å². The number of rotatable bonds is 2. The van der Waals surface area contributed by atoms with Crippen LogP contribution in [0.15, 0.2) is 34.9 Å². The molecule has 0 aliphatic heterocycles. The minimum Gasteiger partial charge on any atom is -0.382 e. The van der Waals surface area contributed by atoms with Crippen LogP contribution in [-0.4, -0.2) is 10.1 Å². The molecule has 2 nitrogen and oxygen atoms in total. The highest BCUT2D eigenvalue weighted by Crippen LogP contribution is 2.31. The predicted octanol–water partition coefficient (Wildman–Crippen LogP) is 4.03. The van der Waals surface area contributed by atoms with Gasteiger partial charge < -0.3 is 5.11 Å². The van der Waals surface area contributed by atoms with Crippen molar-refractivity contribution in [2.45, 2.75) is 13.0 Å². The molecular weight excluding hydrogens is 321 g/mol. The molecule has 94 valence electrons. The van der Waals surface area contributed by atoms with Gasteiger partial charge in [0, 0.05) is 10.0 Å². The Morgan fingerprint density at radius 3 is 2.72 bits per heavy atom. The zero-order valence-electron chi connectivity index (χ0n) is 9.49. The van der Waals surface area contributed by atoms with Crippen LogP contribution in [0.2, 0.25) is 5.02 Å². The van der Waals surface area contributed by atoms with Gasteiger partial charge in [-0.1, -0.05) is 39.7 Å². The van der Waals surface area contributed by atoms with Crippen molar-refractivity contribution in [3.63, 3.8) is 0 Å². The maximum atomic E-state index is 12.9. The van der Waals surface area contributed by atoms with E-state index in [1.807, 2.05) is 19.1 Å². The summed E-state index contributed by atoms with van der Waals surface area (Å²) in [5, 5.41) is 10.3. The highest BCUT2D eigenvalue weighted by Gasteiger charge is 2.18. The van der Waals surface area contributed by atoms with Gasteiger partial charge in [-0.25, -0.2) is 4.39 Å². The molecule has 1 N–H and O–H groups in total. The molecule has 2 rings (SSSR count). The average molecular weight is 331 g/mol. The second kappa shape index (κ2) is 5.34. The minimum atomic E-state index is -0.993. The van der Waals surface area contributed by atoms with Crippen LogP contribution in [0.25, 0.3) is 0 Å². The zero-order chi connectivity index (χ0) is 13.3. The number of aliphatic hydroxyl groups excluding tert-OH is 1. The molecule has 0 saturated carbocycles. The lowest BCUT2D eigenvalue weighted by Crippen LogP contribution is -2.04. The lowest BCUT2D eigenvalue weighted by molar-refractivity contribution is 0.214. The van der Waals surface area contributed by atoms with Gasteiger partial charge in [-0.15, -0.1) is 0 Å². The number of aliphatic hydroxyl groups is 1. The third-order valence-corrected chi connectivity index (χ3v) is 3.54. The highest BCUT2D eigenvalue weighted by molar-refractivity contribution is 9.10. The summed E-state index contributed by atoms with van der Waals surface area (Å²) in [5.41, 5.74) is 1.94. The summed E-state index contributed by atoms with van der Waals surface area (Å²) in [6.07, 6.45) is 0.0417. The summed E-state index contributed by atoms with van der Waals surface area (Å²) in [6.45, 7) is 1.95. The van der Waals surface area contributed by atoms with Crippen molar-refractivity contribution >= 4 is 27.5 Å². The lowest BCUT2D eigenvalue weighted by atomic mass is 10.0. The van der Waals surface area contributed by atoms with Crippen molar-refractivity contribution in [3.8, 4) is 0 Å². The zero-order valence-corrected chi connectivity index (χ0v) is 11.8. The fourth-order valence-corrected chi connectivity index (χ4v) is 2.59. The summed E-state index contributed by atoms with van der Waals surface area (Å²) in [7, 11) is 0. The summed E-state index contributed by atoms with van der Waals surface area (Å²) in [6, 6.07) is 6.68. The van der Waals surface area contributed by atoms with Crippen LogP contribution in [0.3, 0.4) is 0 Å². The van der Waals surface area contributed by atoms with Crippen LogP contribution >= 0.6 is 27.5 Å². The van der Waals surface area contributed by atoms with E-state index in [2.05, 4.69) is 20.9 Å². The maximum Gasteiger partial charge on any atom is 0.142 e. The van der Waals surface area contributed by atoms with Crippen LogP contribution < -0.4 is 0 Å². The summed E-state index contributed by atoms with van der Waals surface area (Å²) < 4.78 is 13.7. The number of hydrogen-bond acceptors (Lipinski definition) is 2. The Bertz CT molecular complexity index is 540. The minimum absolute atomic E-state index is 0.106.